The third-order valence-electron chi connectivity index (χ3n) is 2.12. The predicted octanol–water partition coefficient (Wildman–Crippen LogP) is 1.95. The number of hydrogen-bond donors (Lipinski definition) is 1. The molecule has 17 heavy (non-hydrogen) atoms. The Bertz CT molecular complexity index is 366. The van der Waals surface area contributed by atoms with Crippen molar-refractivity contribution in [3.63, 3.8) is 0 Å². The summed E-state index contributed by atoms with van der Waals surface area (Å²) in [5, 5.41) is 8.63. The smallest absolute Gasteiger partial charge is 0.307 e. The molecule has 0 saturated carbocycles. The molecule has 0 unspecified atom stereocenters. The van der Waals surface area contributed by atoms with Crippen molar-refractivity contribution >= 4 is 5.97 Å². The molecule has 1 N–H and O–H groups in total. The van der Waals surface area contributed by atoms with E-state index in [1.54, 1.807) is 39.3 Å². The third kappa shape index (κ3) is 4.22. The van der Waals surface area contributed by atoms with Gasteiger partial charge in [0, 0.05) is 18.2 Å². The molecule has 0 radical (unpaired) electrons. The number of carboxylic acid groups (broad SMARTS) is 1. The molecule has 94 valence electrons. The van der Waals surface area contributed by atoms with E-state index in [1.165, 1.54) is 0 Å². The van der Waals surface area contributed by atoms with Gasteiger partial charge in [-0.3, -0.25) is 4.79 Å². The van der Waals surface area contributed by atoms with Gasteiger partial charge in [0.05, 0.1) is 20.6 Å². The Balaban J connectivity index is 2.79. The second-order valence-electron chi connectivity index (χ2n) is 3.57. The van der Waals surface area contributed by atoms with Gasteiger partial charge < -0.3 is 19.3 Å². The highest BCUT2D eigenvalue weighted by atomic mass is 16.5. The minimum absolute atomic E-state index is 0.0560. The number of carboxylic acids is 1. The lowest BCUT2D eigenvalue weighted by atomic mass is 10.2. The zero-order valence-corrected chi connectivity index (χ0v) is 10.1. The van der Waals surface area contributed by atoms with E-state index < -0.39 is 12.1 Å². The monoisotopic (exact) mass is 240 g/mol. The van der Waals surface area contributed by atoms with Gasteiger partial charge in [-0.2, -0.15) is 0 Å². The first-order valence-corrected chi connectivity index (χ1v) is 5.16. The van der Waals surface area contributed by atoms with Crippen molar-refractivity contribution in [1.82, 2.24) is 0 Å². The second-order valence-corrected chi connectivity index (χ2v) is 3.57. The van der Waals surface area contributed by atoms with Crippen LogP contribution in [0.15, 0.2) is 18.2 Å². The first-order chi connectivity index (χ1) is 8.05. The summed E-state index contributed by atoms with van der Waals surface area (Å²) in [7, 11) is 3.08. The number of aliphatic carboxylic acids is 1. The van der Waals surface area contributed by atoms with E-state index in [2.05, 4.69) is 0 Å². The molecule has 5 heteroatoms. The molecule has 5 nitrogen and oxygen atoms in total. The van der Waals surface area contributed by atoms with Crippen molar-refractivity contribution in [2.75, 3.05) is 14.2 Å². The molecule has 0 saturated heterocycles. The summed E-state index contributed by atoms with van der Waals surface area (Å²) in [6.07, 6.45) is -0.469. The normalized spacial score (nSPS) is 11.7. The van der Waals surface area contributed by atoms with Crippen LogP contribution in [0.5, 0.6) is 17.2 Å². The summed E-state index contributed by atoms with van der Waals surface area (Å²) in [6, 6.07) is 5.08. The van der Waals surface area contributed by atoms with Crippen LogP contribution < -0.4 is 14.2 Å². The Kier molecular flexibility index (Phi) is 4.63. The lowest BCUT2D eigenvalue weighted by molar-refractivity contribution is -0.138. The van der Waals surface area contributed by atoms with Crippen LogP contribution in [0.2, 0.25) is 0 Å². The van der Waals surface area contributed by atoms with Crippen LogP contribution in [0.4, 0.5) is 0 Å². The fraction of sp³-hybridized carbons (Fsp3) is 0.417. The van der Waals surface area contributed by atoms with Crippen LogP contribution in [0, 0.1) is 0 Å². The zero-order chi connectivity index (χ0) is 12.8. The fourth-order valence-electron chi connectivity index (χ4n) is 1.37. The number of methoxy groups -OCH3 is 2. The standard InChI is InChI=1S/C12H16O5/c1-8(4-12(13)14)17-11-6-9(15-2)5-10(7-11)16-3/h5-8H,4H2,1-3H3,(H,13,14)/t8-/m1/s1. The number of benzene rings is 1. The van der Waals surface area contributed by atoms with Gasteiger partial charge in [0.25, 0.3) is 0 Å². The molecule has 0 aliphatic carbocycles. The van der Waals surface area contributed by atoms with E-state index in [0.717, 1.165) is 0 Å². The molecule has 0 aromatic heterocycles. The maximum absolute atomic E-state index is 10.5. The molecule has 0 heterocycles. The zero-order valence-electron chi connectivity index (χ0n) is 10.1. The average Bonchev–Trinajstić information content (AvgIpc) is 2.27. The molecule has 0 spiro atoms. The van der Waals surface area contributed by atoms with Crippen molar-refractivity contribution in [3.05, 3.63) is 18.2 Å². The number of ether oxygens (including phenoxy) is 3. The quantitative estimate of drug-likeness (QED) is 0.823. The molecule has 0 aliphatic heterocycles. The number of carbonyl (C=O) groups is 1. The number of hydrogen-bond acceptors (Lipinski definition) is 4. The largest absolute Gasteiger partial charge is 0.496 e. The van der Waals surface area contributed by atoms with Gasteiger partial charge in [0.15, 0.2) is 0 Å². The minimum Gasteiger partial charge on any atom is -0.496 e. The van der Waals surface area contributed by atoms with Gasteiger partial charge in [-0.25, -0.2) is 0 Å². The second kappa shape index (κ2) is 5.98. The van der Waals surface area contributed by atoms with E-state index in [-0.39, 0.29) is 6.42 Å². The van der Waals surface area contributed by atoms with Gasteiger partial charge in [0.2, 0.25) is 0 Å². The van der Waals surface area contributed by atoms with Gasteiger partial charge >= 0.3 is 5.97 Å². The molecule has 0 bridgehead atoms. The van der Waals surface area contributed by atoms with E-state index in [4.69, 9.17) is 19.3 Å². The molecule has 1 rings (SSSR count). The maximum Gasteiger partial charge on any atom is 0.307 e. The molecule has 0 aliphatic rings. The summed E-state index contributed by atoms with van der Waals surface area (Å²) < 4.78 is 15.6. The van der Waals surface area contributed by atoms with Crippen LogP contribution in [-0.2, 0) is 4.79 Å². The van der Waals surface area contributed by atoms with Crippen molar-refractivity contribution < 1.29 is 24.1 Å². The molecule has 0 fully saturated rings. The highest BCUT2D eigenvalue weighted by Crippen LogP contribution is 2.28. The van der Waals surface area contributed by atoms with Crippen LogP contribution in [0.3, 0.4) is 0 Å². The minimum atomic E-state index is -0.896. The molecular weight excluding hydrogens is 224 g/mol. The van der Waals surface area contributed by atoms with Crippen molar-refractivity contribution in [2.45, 2.75) is 19.4 Å². The lowest BCUT2D eigenvalue weighted by Crippen LogP contribution is -2.16. The Hall–Kier alpha value is -1.91. The summed E-state index contributed by atoms with van der Waals surface area (Å²) in [5.74, 6) is 0.825. The third-order valence-corrected chi connectivity index (χ3v) is 2.12. The van der Waals surface area contributed by atoms with Crippen LogP contribution in [-0.4, -0.2) is 31.4 Å². The van der Waals surface area contributed by atoms with Crippen molar-refractivity contribution in [2.24, 2.45) is 0 Å². The first-order valence-electron chi connectivity index (χ1n) is 5.16. The average molecular weight is 240 g/mol. The van der Waals surface area contributed by atoms with Crippen LogP contribution >= 0.6 is 0 Å². The molecule has 1 aromatic rings. The summed E-state index contributed by atoms with van der Waals surface area (Å²) in [6.45, 7) is 1.69. The number of rotatable bonds is 6. The highest BCUT2D eigenvalue weighted by molar-refractivity contribution is 5.67. The van der Waals surface area contributed by atoms with E-state index >= 15 is 0 Å². The van der Waals surface area contributed by atoms with Gasteiger partial charge in [-0.15, -0.1) is 0 Å². The van der Waals surface area contributed by atoms with Crippen LogP contribution in [0.25, 0.3) is 0 Å². The Morgan fingerprint density at radius 1 is 1.18 bits per heavy atom. The molecule has 0 amide bonds. The van der Waals surface area contributed by atoms with Crippen molar-refractivity contribution in [3.8, 4) is 17.2 Å². The van der Waals surface area contributed by atoms with Gasteiger partial charge in [-0.05, 0) is 6.92 Å². The predicted molar refractivity (Wildman–Crippen MR) is 61.9 cm³/mol. The topological polar surface area (TPSA) is 65.0 Å². The van der Waals surface area contributed by atoms with Gasteiger partial charge in [0.1, 0.15) is 23.4 Å². The molecule has 1 atom stereocenters. The molecule has 1 aromatic carbocycles. The van der Waals surface area contributed by atoms with E-state index in [1.807, 2.05) is 0 Å². The molecular formula is C12H16O5. The summed E-state index contributed by atoms with van der Waals surface area (Å²) in [4.78, 5) is 10.5. The Morgan fingerprint density at radius 2 is 1.65 bits per heavy atom. The summed E-state index contributed by atoms with van der Waals surface area (Å²) >= 11 is 0. The summed E-state index contributed by atoms with van der Waals surface area (Å²) in [5.41, 5.74) is 0. The van der Waals surface area contributed by atoms with E-state index in [0.29, 0.717) is 17.2 Å². The first kappa shape index (κ1) is 13.2. The fourth-order valence-corrected chi connectivity index (χ4v) is 1.37. The van der Waals surface area contributed by atoms with Crippen molar-refractivity contribution in [1.29, 1.82) is 0 Å². The van der Waals surface area contributed by atoms with Crippen LogP contribution in [0.1, 0.15) is 13.3 Å². The van der Waals surface area contributed by atoms with Gasteiger partial charge in [-0.1, -0.05) is 0 Å². The lowest BCUT2D eigenvalue weighted by Gasteiger charge is -2.14. The SMILES string of the molecule is COc1cc(OC)cc(O[C@H](C)CC(=O)O)c1. The Morgan fingerprint density at radius 3 is 2.06 bits per heavy atom. The highest BCUT2D eigenvalue weighted by Gasteiger charge is 2.10. The Labute approximate surface area is 99.9 Å². The maximum atomic E-state index is 10.5. The van der Waals surface area contributed by atoms with E-state index in [9.17, 15) is 4.79 Å².